The van der Waals surface area contributed by atoms with Crippen LogP contribution in [0.15, 0.2) is 23.2 Å². The minimum atomic E-state index is -0.986. The number of aromatic hydroxyl groups is 1. The molecule has 1 aliphatic heterocycles. The van der Waals surface area contributed by atoms with E-state index in [4.69, 9.17) is 14.9 Å². The first-order chi connectivity index (χ1) is 10.5. The number of phenols is 1. The molecule has 1 heterocycles. The molecular formula is C14H15NO6S. The number of benzene rings is 1. The van der Waals surface area contributed by atoms with Crippen molar-refractivity contribution >= 4 is 28.7 Å². The quantitative estimate of drug-likeness (QED) is 0.652. The number of nitrogens with zero attached hydrogens (tertiary/aromatic N) is 1. The predicted octanol–water partition coefficient (Wildman–Crippen LogP) is 1.58. The van der Waals surface area contributed by atoms with Crippen molar-refractivity contribution < 1.29 is 29.6 Å². The summed E-state index contributed by atoms with van der Waals surface area (Å²) in [6.07, 6.45) is 0.398. The molecule has 0 spiro atoms. The predicted molar refractivity (Wildman–Crippen MR) is 80.9 cm³/mol. The summed E-state index contributed by atoms with van der Waals surface area (Å²) < 4.78 is 5.35. The SMILES string of the molecule is O=C(O)CCCOc1ccc(C2=NC(C(=O)O)CS2)c(O)c1. The van der Waals surface area contributed by atoms with Crippen molar-refractivity contribution in [2.75, 3.05) is 12.4 Å². The summed E-state index contributed by atoms with van der Waals surface area (Å²) in [6, 6.07) is 3.87. The molecule has 0 amide bonds. The molecule has 22 heavy (non-hydrogen) atoms. The number of hydrogen-bond donors (Lipinski definition) is 3. The fraction of sp³-hybridized carbons (Fsp3) is 0.357. The maximum atomic E-state index is 10.9. The van der Waals surface area contributed by atoms with Gasteiger partial charge in [0.25, 0.3) is 0 Å². The molecule has 0 bridgehead atoms. The Bertz CT molecular complexity index is 615. The van der Waals surface area contributed by atoms with Crippen molar-refractivity contribution in [1.82, 2.24) is 0 Å². The lowest BCUT2D eigenvalue weighted by Crippen LogP contribution is -2.17. The van der Waals surface area contributed by atoms with Gasteiger partial charge in [-0.3, -0.25) is 9.79 Å². The van der Waals surface area contributed by atoms with Gasteiger partial charge in [-0.05, 0) is 18.6 Å². The zero-order chi connectivity index (χ0) is 16.1. The largest absolute Gasteiger partial charge is 0.507 e. The number of aliphatic carboxylic acids is 2. The molecule has 0 saturated heterocycles. The Morgan fingerprint density at radius 1 is 1.36 bits per heavy atom. The van der Waals surface area contributed by atoms with Crippen LogP contribution >= 0.6 is 11.8 Å². The van der Waals surface area contributed by atoms with Crippen LogP contribution in [0, 0.1) is 0 Å². The molecule has 3 N–H and O–H groups in total. The van der Waals surface area contributed by atoms with Crippen molar-refractivity contribution in [1.29, 1.82) is 0 Å². The molecule has 1 atom stereocenters. The molecule has 118 valence electrons. The Labute approximate surface area is 130 Å². The highest BCUT2D eigenvalue weighted by Gasteiger charge is 2.26. The number of thioether (sulfide) groups is 1. The van der Waals surface area contributed by atoms with Crippen molar-refractivity contribution in [2.45, 2.75) is 18.9 Å². The Morgan fingerprint density at radius 3 is 2.73 bits per heavy atom. The maximum absolute atomic E-state index is 10.9. The van der Waals surface area contributed by atoms with Crippen LogP contribution in [0.25, 0.3) is 0 Å². The minimum Gasteiger partial charge on any atom is -0.507 e. The Kier molecular flexibility index (Phi) is 5.26. The van der Waals surface area contributed by atoms with Crippen LogP contribution in [0.2, 0.25) is 0 Å². The summed E-state index contributed by atoms with van der Waals surface area (Å²) in [5, 5.41) is 27.9. The van der Waals surface area contributed by atoms with E-state index in [1.165, 1.54) is 17.8 Å². The van der Waals surface area contributed by atoms with Crippen LogP contribution in [0.5, 0.6) is 11.5 Å². The lowest BCUT2D eigenvalue weighted by atomic mass is 10.2. The van der Waals surface area contributed by atoms with E-state index in [0.29, 0.717) is 28.5 Å². The minimum absolute atomic E-state index is 0.0219. The van der Waals surface area contributed by atoms with Gasteiger partial charge in [-0.2, -0.15) is 0 Å². The number of hydrogen-bond acceptors (Lipinski definition) is 6. The second-order valence-electron chi connectivity index (χ2n) is 4.62. The van der Waals surface area contributed by atoms with Gasteiger partial charge in [0.05, 0.1) is 6.61 Å². The van der Waals surface area contributed by atoms with E-state index in [1.54, 1.807) is 12.1 Å². The van der Waals surface area contributed by atoms with Gasteiger partial charge in [0.15, 0.2) is 6.04 Å². The van der Waals surface area contributed by atoms with Gasteiger partial charge >= 0.3 is 11.9 Å². The fourth-order valence-corrected chi connectivity index (χ4v) is 2.91. The second-order valence-corrected chi connectivity index (χ2v) is 5.63. The van der Waals surface area contributed by atoms with E-state index in [1.807, 2.05) is 0 Å². The molecule has 7 nitrogen and oxygen atoms in total. The molecule has 1 aromatic rings. The van der Waals surface area contributed by atoms with Gasteiger partial charge < -0.3 is 20.1 Å². The third kappa shape index (κ3) is 4.14. The second kappa shape index (κ2) is 7.17. The summed E-state index contributed by atoms with van der Waals surface area (Å²) >= 11 is 1.28. The third-order valence-corrected chi connectivity index (χ3v) is 4.02. The van der Waals surface area contributed by atoms with Crippen LogP contribution in [0.3, 0.4) is 0 Å². The lowest BCUT2D eigenvalue weighted by Gasteiger charge is -2.08. The number of rotatable bonds is 7. The molecule has 0 fully saturated rings. The van der Waals surface area contributed by atoms with Gasteiger partial charge in [-0.1, -0.05) is 0 Å². The number of carboxylic acid groups (broad SMARTS) is 2. The molecule has 0 saturated carbocycles. The monoisotopic (exact) mass is 325 g/mol. The molecule has 1 unspecified atom stereocenters. The van der Waals surface area contributed by atoms with Crippen LogP contribution < -0.4 is 4.74 Å². The van der Waals surface area contributed by atoms with Gasteiger partial charge in [0.1, 0.15) is 16.5 Å². The van der Waals surface area contributed by atoms with Crippen LogP contribution in [-0.2, 0) is 9.59 Å². The normalized spacial score (nSPS) is 17.1. The molecule has 8 heteroatoms. The Hall–Kier alpha value is -2.22. The molecule has 1 aliphatic rings. The van der Waals surface area contributed by atoms with Crippen molar-refractivity contribution in [3.05, 3.63) is 23.8 Å². The molecule has 1 aromatic carbocycles. The highest BCUT2D eigenvalue weighted by Crippen LogP contribution is 2.31. The highest BCUT2D eigenvalue weighted by molar-refractivity contribution is 8.14. The van der Waals surface area contributed by atoms with Gasteiger partial charge in [0, 0.05) is 23.8 Å². The molecule has 0 aliphatic carbocycles. The van der Waals surface area contributed by atoms with E-state index in [0.717, 1.165) is 0 Å². The molecule has 2 rings (SSSR count). The van der Waals surface area contributed by atoms with Gasteiger partial charge in [-0.25, -0.2) is 4.79 Å². The number of aliphatic imine (C=N–C) groups is 1. The third-order valence-electron chi connectivity index (χ3n) is 2.94. The highest BCUT2D eigenvalue weighted by atomic mass is 32.2. The average molecular weight is 325 g/mol. The average Bonchev–Trinajstić information content (AvgIpc) is 2.93. The van der Waals surface area contributed by atoms with Gasteiger partial charge in [-0.15, -0.1) is 11.8 Å². The van der Waals surface area contributed by atoms with E-state index in [2.05, 4.69) is 4.99 Å². The van der Waals surface area contributed by atoms with Gasteiger partial charge in [0.2, 0.25) is 0 Å². The topological polar surface area (TPSA) is 116 Å². The van der Waals surface area contributed by atoms with E-state index in [9.17, 15) is 14.7 Å². The lowest BCUT2D eigenvalue weighted by molar-refractivity contribution is -0.138. The summed E-state index contributed by atoms with van der Waals surface area (Å²) in [5.74, 6) is -1.15. The van der Waals surface area contributed by atoms with Crippen molar-refractivity contribution in [3.8, 4) is 11.5 Å². The standard InChI is InChI=1S/C14H15NO6S/c16-11-6-8(21-5-1-2-12(17)18)3-4-9(11)13-15-10(7-22-13)14(19)20/h3-4,6,10,16H,1-2,5,7H2,(H,17,18)(H,19,20). The zero-order valence-corrected chi connectivity index (χ0v) is 12.4. The van der Waals surface area contributed by atoms with Crippen molar-refractivity contribution in [3.63, 3.8) is 0 Å². The van der Waals surface area contributed by atoms with Crippen LogP contribution in [-0.4, -0.2) is 50.7 Å². The first-order valence-corrected chi connectivity index (χ1v) is 7.57. The zero-order valence-electron chi connectivity index (χ0n) is 11.6. The summed E-state index contributed by atoms with van der Waals surface area (Å²) in [6.45, 7) is 0.238. The number of ether oxygens (including phenoxy) is 1. The molecule has 0 aromatic heterocycles. The van der Waals surface area contributed by atoms with E-state index < -0.39 is 18.0 Å². The summed E-state index contributed by atoms with van der Waals surface area (Å²) in [5.41, 5.74) is 0.464. The maximum Gasteiger partial charge on any atom is 0.329 e. The number of carboxylic acids is 2. The number of carbonyl (C=O) groups is 2. The molecule has 0 radical (unpaired) electrons. The Balaban J connectivity index is 2.00. The smallest absolute Gasteiger partial charge is 0.329 e. The first kappa shape index (κ1) is 16.2. The van der Waals surface area contributed by atoms with Crippen LogP contribution in [0.4, 0.5) is 0 Å². The van der Waals surface area contributed by atoms with Crippen molar-refractivity contribution in [2.24, 2.45) is 4.99 Å². The van der Waals surface area contributed by atoms with E-state index >= 15 is 0 Å². The number of phenolic OH excluding ortho intramolecular Hbond substituents is 1. The van der Waals surface area contributed by atoms with E-state index in [-0.39, 0.29) is 18.8 Å². The fourth-order valence-electron chi connectivity index (χ4n) is 1.84. The first-order valence-electron chi connectivity index (χ1n) is 6.58. The summed E-state index contributed by atoms with van der Waals surface area (Å²) in [4.78, 5) is 25.3. The molecular weight excluding hydrogens is 310 g/mol. The summed E-state index contributed by atoms with van der Waals surface area (Å²) in [7, 11) is 0. The Morgan fingerprint density at radius 2 is 2.14 bits per heavy atom. The van der Waals surface area contributed by atoms with Crippen LogP contribution in [0.1, 0.15) is 18.4 Å².